The second kappa shape index (κ2) is 8.74. The first-order valence-corrected chi connectivity index (χ1v) is 6.78. The Morgan fingerprint density at radius 3 is 2.12 bits per heavy atom. The third-order valence-electron chi connectivity index (χ3n) is 2.79. The molecule has 0 saturated heterocycles. The monoisotopic (exact) mass is 227 g/mol. The first kappa shape index (κ1) is 15.6. The first-order valence-electron chi connectivity index (χ1n) is 6.78. The van der Waals surface area contributed by atoms with Crippen molar-refractivity contribution >= 4 is 5.78 Å². The molecule has 0 aliphatic carbocycles. The molecule has 0 radical (unpaired) electrons. The number of unbranched alkanes of at least 4 members (excludes halogenated alkanes) is 3. The van der Waals surface area contributed by atoms with Crippen molar-refractivity contribution in [3.8, 4) is 0 Å². The molecule has 0 rings (SSSR count). The van der Waals surface area contributed by atoms with Crippen LogP contribution in [-0.4, -0.2) is 17.9 Å². The lowest BCUT2D eigenvalue weighted by molar-refractivity contribution is -0.124. The summed E-state index contributed by atoms with van der Waals surface area (Å²) >= 11 is 0. The number of hydrogen-bond acceptors (Lipinski definition) is 2. The fourth-order valence-electron chi connectivity index (χ4n) is 1.89. The van der Waals surface area contributed by atoms with Gasteiger partial charge in [-0.2, -0.15) is 0 Å². The van der Waals surface area contributed by atoms with Crippen LogP contribution in [0.25, 0.3) is 0 Å². The van der Waals surface area contributed by atoms with Crippen molar-refractivity contribution in [3.63, 3.8) is 0 Å². The van der Waals surface area contributed by atoms with Gasteiger partial charge in [-0.05, 0) is 6.42 Å². The maximum atomic E-state index is 12.0. The van der Waals surface area contributed by atoms with Gasteiger partial charge in [0.1, 0.15) is 0 Å². The first-order chi connectivity index (χ1) is 7.49. The van der Waals surface area contributed by atoms with Gasteiger partial charge < -0.3 is 5.32 Å². The van der Waals surface area contributed by atoms with Crippen molar-refractivity contribution in [1.29, 1.82) is 0 Å². The van der Waals surface area contributed by atoms with Gasteiger partial charge in [-0.3, -0.25) is 4.79 Å². The van der Waals surface area contributed by atoms with E-state index in [4.69, 9.17) is 0 Å². The minimum Gasteiger partial charge on any atom is -0.305 e. The van der Waals surface area contributed by atoms with E-state index in [0.717, 1.165) is 12.8 Å². The van der Waals surface area contributed by atoms with Crippen LogP contribution in [0, 0.1) is 5.92 Å². The number of Topliss-reactive ketones (excluding diaryl/α,β-unsaturated/α-hetero) is 1. The van der Waals surface area contributed by atoms with E-state index >= 15 is 0 Å². The second-order valence-electron chi connectivity index (χ2n) is 5.28. The summed E-state index contributed by atoms with van der Waals surface area (Å²) in [5.74, 6) is 0.507. The van der Waals surface area contributed by atoms with E-state index in [1.807, 2.05) is 13.8 Å². The summed E-state index contributed by atoms with van der Waals surface area (Å²) in [5.41, 5.74) is 0. The van der Waals surface area contributed by atoms with E-state index in [0.29, 0.717) is 11.8 Å². The van der Waals surface area contributed by atoms with E-state index in [9.17, 15) is 4.79 Å². The number of hydrogen-bond donors (Lipinski definition) is 1. The highest BCUT2D eigenvalue weighted by Crippen LogP contribution is 2.10. The predicted molar refractivity (Wildman–Crippen MR) is 70.7 cm³/mol. The summed E-state index contributed by atoms with van der Waals surface area (Å²) < 4.78 is 0. The zero-order valence-electron chi connectivity index (χ0n) is 11.7. The fraction of sp³-hybridized carbons (Fsp3) is 0.929. The van der Waals surface area contributed by atoms with Gasteiger partial charge in [0.05, 0.1) is 6.04 Å². The molecular formula is C14H29NO. The van der Waals surface area contributed by atoms with Crippen LogP contribution in [0.2, 0.25) is 0 Å². The summed E-state index contributed by atoms with van der Waals surface area (Å²) in [6.45, 7) is 10.4. The number of nitrogens with one attached hydrogen (secondary N) is 1. The van der Waals surface area contributed by atoms with Crippen LogP contribution in [0.4, 0.5) is 0 Å². The maximum Gasteiger partial charge on any atom is 0.152 e. The van der Waals surface area contributed by atoms with Crippen molar-refractivity contribution in [3.05, 3.63) is 0 Å². The molecule has 0 aromatic rings. The molecule has 0 bridgehead atoms. The van der Waals surface area contributed by atoms with Gasteiger partial charge in [-0.1, -0.05) is 60.3 Å². The van der Waals surface area contributed by atoms with E-state index < -0.39 is 0 Å². The molecule has 2 nitrogen and oxygen atoms in total. The SMILES string of the molecule is CCCCCC[C@H](NC(C)C)C(=O)C(C)C. The van der Waals surface area contributed by atoms with Crippen LogP contribution in [0.15, 0.2) is 0 Å². The predicted octanol–water partition coefficient (Wildman–Crippen LogP) is 3.55. The van der Waals surface area contributed by atoms with Crippen LogP contribution in [0.5, 0.6) is 0 Å². The number of ketones is 1. The van der Waals surface area contributed by atoms with Crippen LogP contribution in [-0.2, 0) is 4.79 Å². The molecule has 0 fully saturated rings. The Kier molecular flexibility index (Phi) is 8.54. The smallest absolute Gasteiger partial charge is 0.152 e. The lowest BCUT2D eigenvalue weighted by atomic mass is 9.96. The third-order valence-corrected chi connectivity index (χ3v) is 2.79. The minimum absolute atomic E-state index is 0.0665. The fourth-order valence-corrected chi connectivity index (χ4v) is 1.89. The molecule has 16 heavy (non-hydrogen) atoms. The van der Waals surface area contributed by atoms with Gasteiger partial charge in [-0.15, -0.1) is 0 Å². The maximum absolute atomic E-state index is 12.0. The average Bonchev–Trinajstić information content (AvgIpc) is 2.20. The average molecular weight is 227 g/mol. The molecular weight excluding hydrogens is 198 g/mol. The number of rotatable bonds is 9. The Labute approximate surface area is 101 Å². The van der Waals surface area contributed by atoms with Crippen molar-refractivity contribution in [2.75, 3.05) is 0 Å². The Hall–Kier alpha value is -0.370. The molecule has 2 heteroatoms. The molecule has 0 aromatic heterocycles. The van der Waals surface area contributed by atoms with Gasteiger partial charge in [0.25, 0.3) is 0 Å². The van der Waals surface area contributed by atoms with E-state index in [1.165, 1.54) is 19.3 Å². The van der Waals surface area contributed by atoms with Gasteiger partial charge in [-0.25, -0.2) is 0 Å². The van der Waals surface area contributed by atoms with Crippen LogP contribution < -0.4 is 5.32 Å². The second-order valence-corrected chi connectivity index (χ2v) is 5.28. The molecule has 0 heterocycles. The Balaban J connectivity index is 4.05. The third kappa shape index (κ3) is 7.00. The lowest BCUT2D eigenvalue weighted by Gasteiger charge is -2.21. The van der Waals surface area contributed by atoms with E-state index in [2.05, 4.69) is 26.1 Å². The summed E-state index contributed by atoms with van der Waals surface area (Å²) in [6, 6.07) is 0.454. The topological polar surface area (TPSA) is 29.1 Å². The molecule has 0 aromatic carbocycles. The lowest BCUT2D eigenvalue weighted by Crippen LogP contribution is -2.42. The molecule has 96 valence electrons. The van der Waals surface area contributed by atoms with Crippen molar-refractivity contribution in [2.45, 2.75) is 78.8 Å². The van der Waals surface area contributed by atoms with Crippen molar-refractivity contribution in [2.24, 2.45) is 5.92 Å². The summed E-state index contributed by atoms with van der Waals surface area (Å²) in [5, 5.41) is 3.39. The molecule has 0 amide bonds. The molecule has 1 atom stereocenters. The van der Waals surface area contributed by atoms with Crippen LogP contribution in [0.3, 0.4) is 0 Å². The normalized spacial score (nSPS) is 13.4. The standard InChI is InChI=1S/C14H29NO/c1-6-7-8-9-10-13(15-12(4)5)14(16)11(2)3/h11-13,15H,6-10H2,1-5H3/t13-/m0/s1. The van der Waals surface area contributed by atoms with E-state index in [1.54, 1.807) is 0 Å². The molecule has 0 aliphatic heterocycles. The van der Waals surface area contributed by atoms with Crippen molar-refractivity contribution < 1.29 is 4.79 Å². The molecule has 1 N–H and O–H groups in total. The highest BCUT2D eigenvalue weighted by Gasteiger charge is 2.20. The zero-order chi connectivity index (χ0) is 12.6. The molecule has 0 spiro atoms. The zero-order valence-corrected chi connectivity index (χ0v) is 11.7. The van der Waals surface area contributed by atoms with Gasteiger partial charge in [0.15, 0.2) is 5.78 Å². The van der Waals surface area contributed by atoms with E-state index in [-0.39, 0.29) is 12.0 Å². The van der Waals surface area contributed by atoms with Crippen LogP contribution in [0.1, 0.15) is 66.7 Å². The highest BCUT2D eigenvalue weighted by atomic mass is 16.1. The number of carbonyl (C=O) groups excluding carboxylic acids is 1. The van der Waals surface area contributed by atoms with Crippen molar-refractivity contribution in [1.82, 2.24) is 5.32 Å². The van der Waals surface area contributed by atoms with Gasteiger partial charge in [0, 0.05) is 12.0 Å². The minimum atomic E-state index is 0.0665. The summed E-state index contributed by atoms with van der Waals surface area (Å²) in [4.78, 5) is 12.0. The van der Waals surface area contributed by atoms with Crippen LogP contribution >= 0.6 is 0 Å². The van der Waals surface area contributed by atoms with Gasteiger partial charge in [0.2, 0.25) is 0 Å². The quantitative estimate of drug-likeness (QED) is 0.610. The Morgan fingerprint density at radius 2 is 1.69 bits per heavy atom. The Bertz CT molecular complexity index is 187. The highest BCUT2D eigenvalue weighted by molar-refractivity contribution is 5.85. The van der Waals surface area contributed by atoms with Gasteiger partial charge >= 0.3 is 0 Å². The molecule has 0 saturated carbocycles. The number of carbonyl (C=O) groups is 1. The largest absolute Gasteiger partial charge is 0.305 e. The molecule has 0 unspecified atom stereocenters. The Morgan fingerprint density at radius 1 is 1.06 bits per heavy atom. The summed E-state index contributed by atoms with van der Waals surface area (Å²) in [7, 11) is 0. The summed E-state index contributed by atoms with van der Waals surface area (Å²) in [6.07, 6.45) is 5.94. The molecule has 0 aliphatic rings.